The Hall–Kier alpha value is -1.89. The van der Waals surface area contributed by atoms with Crippen LogP contribution in [0.1, 0.15) is 13.8 Å². The summed E-state index contributed by atoms with van der Waals surface area (Å²) in [5, 5.41) is 5.78. The fourth-order valence-electron chi connectivity index (χ4n) is 2.33. The van der Waals surface area contributed by atoms with Crippen molar-refractivity contribution < 1.29 is 4.79 Å². The first-order chi connectivity index (χ1) is 9.00. The van der Waals surface area contributed by atoms with E-state index in [0.717, 1.165) is 16.0 Å². The zero-order valence-corrected chi connectivity index (χ0v) is 11.6. The average molecular weight is 277 g/mol. The van der Waals surface area contributed by atoms with E-state index in [9.17, 15) is 4.79 Å². The second kappa shape index (κ2) is 4.06. The number of nitrogens with two attached hydrogens (primary N) is 1. The van der Waals surface area contributed by atoms with Crippen LogP contribution < -0.4 is 16.0 Å². The summed E-state index contributed by atoms with van der Waals surface area (Å²) < 4.78 is 0. The van der Waals surface area contributed by atoms with Crippen molar-refractivity contribution >= 4 is 39.2 Å². The lowest BCUT2D eigenvalue weighted by Gasteiger charge is -2.42. The number of anilines is 2. The third-order valence-corrected chi connectivity index (χ3v) is 4.24. The van der Waals surface area contributed by atoms with Crippen molar-refractivity contribution in [3.05, 3.63) is 11.4 Å². The van der Waals surface area contributed by atoms with Crippen LogP contribution in [0.3, 0.4) is 0 Å². The maximum atomic E-state index is 12.0. The Labute approximate surface area is 114 Å². The normalized spacial score (nSPS) is 18.6. The second-order valence-corrected chi connectivity index (χ2v) is 5.91. The molecule has 1 fully saturated rings. The quantitative estimate of drug-likeness (QED) is 0.812. The highest BCUT2D eigenvalue weighted by molar-refractivity contribution is 7.16. The van der Waals surface area contributed by atoms with Gasteiger partial charge < -0.3 is 16.0 Å². The number of piperazine rings is 1. The predicted octanol–water partition coefficient (Wildman–Crippen LogP) is 0.988. The molecular formula is C12H15N5OS. The van der Waals surface area contributed by atoms with Crippen LogP contribution in [0, 0.1) is 0 Å². The number of nitrogens with one attached hydrogen (secondary N) is 1. The smallest absolute Gasteiger partial charge is 0.245 e. The molecule has 3 rings (SSSR count). The number of rotatable bonds is 1. The van der Waals surface area contributed by atoms with Gasteiger partial charge in [0, 0.05) is 13.1 Å². The van der Waals surface area contributed by atoms with Crippen molar-refractivity contribution in [3.63, 3.8) is 0 Å². The van der Waals surface area contributed by atoms with Crippen molar-refractivity contribution in [2.24, 2.45) is 0 Å². The summed E-state index contributed by atoms with van der Waals surface area (Å²) in [5.41, 5.74) is 5.13. The number of carbonyl (C=O) groups is 1. The van der Waals surface area contributed by atoms with Gasteiger partial charge in [0.15, 0.2) is 0 Å². The average Bonchev–Trinajstić information content (AvgIpc) is 2.79. The van der Waals surface area contributed by atoms with E-state index in [1.807, 2.05) is 30.2 Å². The molecule has 2 aromatic rings. The molecule has 7 heteroatoms. The van der Waals surface area contributed by atoms with Gasteiger partial charge >= 0.3 is 0 Å². The Kier molecular flexibility index (Phi) is 2.60. The molecule has 2 aromatic heterocycles. The zero-order chi connectivity index (χ0) is 13.6. The van der Waals surface area contributed by atoms with Crippen molar-refractivity contribution in [2.45, 2.75) is 19.4 Å². The Bertz CT molecular complexity index is 651. The van der Waals surface area contributed by atoms with Gasteiger partial charge in [-0.3, -0.25) is 4.79 Å². The minimum absolute atomic E-state index is 0.000636. The van der Waals surface area contributed by atoms with Crippen LogP contribution in [0.4, 0.5) is 11.8 Å². The van der Waals surface area contributed by atoms with Gasteiger partial charge in [-0.2, -0.15) is 4.98 Å². The first kappa shape index (κ1) is 12.2. The molecule has 0 aromatic carbocycles. The van der Waals surface area contributed by atoms with Crippen molar-refractivity contribution in [1.82, 2.24) is 15.3 Å². The molecule has 1 saturated heterocycles. The van der Waals surface area contributed by atoms with Crippen LogP contribution in [0.25, 0.3) is 10.2 Å². The summed E-state index contributed by atoms with van der Waals surface area (Å²) in [6.07, 6.45) is 0. The summed E-state index contributed by atoms with van der Waals surface area (Å²) in [5.74, 6) is 0.981. The topological polar surface area (TPSA) is 84.1 Å². The SMILES string of the molecule is CC1(C)C(=O)NCCN1c1nc(N)nc2sccc12. The van der Waals surface area contributed by atoms with Gasteiger partial charge in [-0.1, -0.05) is 0 Å². The van der Waals surface area contributed by atoms with Gasteiger partial charge in [0.05, 0.1) is 5.39 Å². The molecule has 0 atom stereocenters. The Morgan fingerprint density at radius 1 is 1.47 bits per heavy atom. The molecule has 1 aliphatic heterocycles. The van der Waals surface area contributed by atoms with Crippen LogP contribution >= 0.6 is 11.3 Å². The Morgan fingerprint density at radius 2 is 2.26 bits per heavy atom. The molecule has 19 heavy (non-hydrogen) atoms. The van der Waals surface area contributed by atoms with Gasteiger partial charge in [-0.05, 0) is 25.3 Å². The number of hydrogen-bond donors (Lipinski definition) is 2. The van der Waals surface area contributed by atoms with Crippen molar-refractivity contribution in [2.75, 3.05) is 23.7 Å². The Morgan fingerprint density at radius 3 is 3.05 bits per heavy atom. The van der Waals surface area contributed by atoms with E-state index in [0.29, 0.717) is 13.1 Å². The zero-order valence-electron chi connectivity index (χ0n) is 10.8. The van der Waals surface area contributed by atoms with E-state index in [4.69, 9.17) is 5.73 Å². The molecule has 6 nitrogen and oxygen atoms in total. The molecule has 0 unspecified atom stereocenters. The molecule has 3 heterocycles. The number of aromatic nitrogens is 2. The first-order valence-corrected chi connectivity index (χ1v) is 6.95. The third-order valence-electron chi connectivity index (χ3n) is 3.43. The molecule has 1 aliphatic rings. The molecule has 0 aliphatic carbocycles. The van der Waals surface area contributed by atoms with Gasteiger partial charge in [-0.15, -0.1) is 11.3 Å². The lowest BCUT2D eigenvalue weighted by atomic mass is 9.98. The van der Waals surface area contributed by atoms with E-state index >= 15 is 0 Å². The van der Waals surface area contributed by atoms with Crippen LogP contribution in [0.5, 0.6) is 0 Å². The molecule has 0 saturated carbocycles. The highest BCUT2D eigenvalue weighted by atomic mass is 32.1. The minimum Gasteiger partial charge on any atom is -0.368 e. The van der Waals surface area contributed by atoms with E-state index in [1.165, 1.54) is 11.3 Å². The molecule has 1 amide bonds. The standard InChI is InChI=1S/C12H15N5OS/c1-12(2)10(18)14-4-5-17(12)8-7-3-6-19-9(7)16-11(13)15-8/h3,6H,4-5H2,1-2H3,(H,14,18)(H2,13,15,16). The van der Waals surface area contributed by atoms with Crippen LogP contribution in [0.15, 0.2) is 11.4 Å². The van der Waals surface area contributed by atoms with Gasteiger partial charge in [0.1, 0.15) is 16.2 Å². The van der Waals surface area contributed by atoms with E-state index in [-0.39, 0.29) is 11.9 Å². The van der Waals surface area contributed by atoms with Crippen LogP contribution in [0.2, 0.25) is 0 Å². The number of amides is 1. The van der Waals surface area contributed by atoms with Crippen molar-refractivity contribution in [1.29, 1.82) is 0 Å². The van der Waals surface area contributed by atoms with Crippen LogP contribution in [-0.4, -0.2) is 34.5 Å². The number of nitrogens with zero attached hydrogens (tertiary/aromatic N) is 3. The highest BCUT2D eigenvalue weighted by Crippen LogP contribution is 2.33. The maximum absolute atomic E-state index is 12.0. The number of hydrogen-bond acceptors (Lipinski definition) is 6. The molecule has 100 valence electrons. The summed E-state index contributed by atoms with van der Waals surface area (Å²) >= 11 is 1.52. The summed E-state index contributed by atoms with van der Waals surface area (Å²) in [4.78, 5) is 23.4. The summed E-state index contributed by atoms with van der Waals surface area (Å²) in [6, 6.07) is 1.97. The predicted molar refractivity (Wildman–Crippen MR) is 76.3 cm³/mol. The van der Waals surface area contributed by atoms with Crippen molar-refractivity contribution in [3.8, 4) is 0 Å². The maximum Gasteiger partial charge on any atom is 0.245 e. The molecular weight excluding hydrogens is 262 g/mol. The van der Waals surface area contributed by atoms with E-state index in [2.05, 4.69) is 15.3 Å². The van der Waals surface area contributed by atoms with Gasteiger partial charge in [0.2, 0.25) is 11.9 Å². The molecule has 0 spiro atoms. The van der Waals surface area contributed by atoms with E-state index < -0.39 is 5.54 Å². The third kappa shape index (κ3) is 1.81. The monoisotopic (exact) mass is 277 g/mol. The van der Waals surface area contributed by atoms with Gasteiger partial charge in [-0.25, -0.2) is 4.98 Å². The van der Waals surface area contributed by atoms with E-state index in [1.54, 1.807) is 0 Å². The Balaban J connectivity index is 2.18. The fourth-order valence-corrected chi connectivity index (χ4v) is 3.10. The molecule has 3 N–H and O–H groups in total. The highest BCUT2D eigenvalue weighted by Gasteiger charge is 2.39. The van der Waals surface area contributed by atoms with Crippen LogP contribution in [-0.2, 0) is 4.79 Å². The second-order valence-electron chi connectivity index (χ2n) is 5.01. The lowest BCUT2D eigenvalue weighted by molar-refractivity contribution is -0.126. The summed E-state index contributed by atoms with van der Waals surface area (Å²) in [6.45, 7) is 5.09. The van der Waals surface area contributed by atoms with Gasteiger partial charge in [0.25, 0.3) is 0 Å². The summed E-state index contributed by atoms with van der Waals surface area (Å²) in [7, 11) is 0. The largest absolute Gasteiger partial charge is 0.368 e. The molecule has 0 radical (unpaired) electrons. The molecule has 0 bridgehead atoms. The number of carbonyl (C=O) groups excluding carboxylic acids is 1. The lowest BCUT2D eigenvalue weighted by Crippen LogP contribution is -2.62. The minimum atomic E-state index is -0.645. The first-order valence-electron chi connectivity index (χ1n) is 6.07. The number of thiophene rings is 1. The fraction of sp³-hybridized carbons (Fsp3) is 0.417. The number of nitrogen functional groups attached to an aromatic ring is 1. The number of fused-ring (bicyclic) bond motifs is 1.